The van der Waals surface area contributed by atoms with Crippen molar-refractivity contribution in [3.05, 3.63) is 35.4 Å². The molecular formula is C10H11F4N. The molecule has 5 heteroatoms. The lowest BCUT2D eigenvalue weighted by molar-refractivity contribution is -0.135. The predicted molar refractivity (Wildman–Crippen MR) is 49.1 cm³/mol. The molecule has 0 aliphatic heterocycles. The van der Waals surface area contributed by atoms with Crippen molar-refractivity contribution in [3.63, 3.8) is 0 Å². The first kappa shape index (κ1) is 12.0. The summed E-state index contributed by atoms with van der Waals surface area (Å²) in [6, 6.07) is 4.80. The summed E-state index contributed by atoms with van der Waals surface area (Å²) < 4.78 is 49.6. The summed E-state index contributed by atoms with van der Waals surface area (Å²) in [6.45, 7) is 0.393. The van der Waals surface area contributed by atoms with Crippen LogP contribution in [0.4, 0.5) is 17.6 Å². The topological polar surface area (TPSA) is 26.0 Å². The molecule has 0 aromatic heterocycles. The third kappa shape index (κ3) is 2.68. The zero-order chi connectivity index (χ0) is 11.5. The van der Waals surface area contributed by atoms with E-state index in [1.165, 1.54) is 12.1 Å². The van der Waals surface area contributed by atoms with E-state index in [-0.39, 0.29) is 0 Å². The van der Waals surface area contributed by atoms with E-state index in [1.54, 1.807) is 0 Å². The molecule has 0 fully saturated rings. The number of hydrogen-bond acceptors (Lipinski definition) is 1. The van der Waals surface area contributed by atoms with Crippen LogP contribution in [0.3, 0.4) is 0 Å². The zero-order valence-electron chi connectivity index (χ0n) is 7.89. The van der Waals surface area contributed by atoms with Gasteiger partial charge in [0.1, 0.15) is 0 Å². The Bertz CT molecular complexity index is 308. The third-order valence-corrected chi connectivity index (χ3v) is 2.05. The standard InChI is InChI=1S/C10H11F4N/c11-9(12)10(13,14)8-3-1-7(2-4-8)5-6-15/h1-4,9H,5-6,15H2. The van der Waals surface area contributed by atoms with Crippen LogP contribution in [0.25, 0.3) is 0 Å². The highest BCUT2D eigenvalue weighted by Gasteiger charge is 2.42. The molecule has 1 aromatic rings. The molecule has 0 heterocycles. The van der Waals surface area contributed by atoms with Crippen LogP contribution in [-0.2, 0) is 12.3 Å². The number of rotatable bonds is 4. The lowest BCUT2D eigenvalue weighted by atomic mass is 10.0. The predicted octanol–water partition coefficient (Wildman–Crippen LogP) is 2.54. The monoisotopic (exact) mass is 221 g/mol. The molecular weight excluding hydrogens is 210 g/mol. The van der Waals surface area contributed by atoms with Crippen molar-refractivity contribution < 1.29 is 17.6 Å². The summed E-state index contributed by atoms with van der Waals surface area (Å²) in [5, 5.41) is 0. The molecule has 2 N–H and O–H groups in total. The van der Waals surface area contributed by atoms with Gasteiger partial charge in [-0.1, -0.05) is 24.3 Å². The lowest BCUT2D eigenvalue weighted by Gasteiger charge is -2.15. The Morgan fingerprint density at radius 3 is 2.07 bits per heavy atom. The van der Waals surface area contributed by atoms with Gasteiger partial charge in [-0.2, -0.15) is 8.78 Å². The van der Waals surface area contributed by atoms with Gasteiger partial charge in [-0.3, -0.25) is 0 Å². The van der Waals surface area contributed by atoms with Gasteiger partial charge < -0.3 is 5.73 Å². The lowest BCUT2D eigenvalue weighted by Crippen LogP contribution is -2.23. The van der Waals surface area contributed by atoms with Gasteiger partial charge in [-0.15, -0.1) is 0 Å². The van der Waals surface area contributed by atoms with E-state index >= 15 is 0 Å². The second kappa shape index (κ2) is 4.61. The van der Waals surface area contributed by atoms with Gasteiger partial charge in [0.2, 0.25) is 0 Å². The molecule has 15 heavy (non-hydrogen) atoms. The molecule has 0 bridgehead atoms. The highest BCUT2D eigenvalue weighted by molar-refractivity contribution is 5.26. The van der Waals surface area contributed by atoms with Gasteiger partial charge >= 0.3 is 12.3 Å². The molecule has 1 nitrogen and oxygen atoms in total. The maximum atomic E-state index is 12.8. The van der Waals surface area contributed by atoms with E-state index in [1.807, 2.05) is 0 Å². The largest absolute Gasteiger partial charge is 0.332 e. The van der Waals surface area contributed by atoms with Crippen molar-refractivity contribution in [3.8, 4) is 0 Å². The average Bonchev–Trinajstić information content (AvgIpc) is 2.19. The summed E-state index contributed by atoms with van der Waals surface area (Å²) in [6.07, 6.45) is -3.14. The third-order valence-electron chi connectivity index (χ3n) is 2.05. The van der Waals surface area contributed by atoms with Crippen LogP contribution >= 0.6 is 0 Å². The first-order valence-corrected chi connectivity index (χ1v) is 4.44. The van der Waals surface area contributed by atoms with Gasteiger partial charge in [0, 0.05) is 5.56 Å². The number of alkyl halides is 4. The van der Waals surface area contributed by atoms with Crippen LogP contribution in [-0.4, -0.2) is 13.0 Å². The molecule has 84 valence electrons. The summed E-state index contributed by atoms with van der Waals surface area (Å²) in [7, 11) is 0. The Kier molecular flexibility index (Phi) is 3.68. The van der Waals surface area contributed by atoms with E-state index in [9.17, 15) is 17.6 Å². The van der Waals surface area contributed by atoms with Crippen LogP contribution in [0.1, 0.15) is 11.1 Å². The first-order valence-electron chi connectivity index (χ1n) is 4.44. The summed E-state index contributed by atoms with van der Waals surface area (Å²) in [5.41, 5.74) is 5.35. The van der Waals surface area contributed by atoms with E-state index < -0.39 is 17.9 Å². The molecule has 0 spiro atoms. The molecule has 0 unspecified atom stereocenters. The van der Waals surface area contributed by atoms with Gasteiger partial charge in [-0.25, -0.2) is 8.78 Å². The Balaban J connectivity index is 2.88. The molecule has 0 aliphatic carbocycles. The number of halogens is 4. The van der Waals surface area contributed by atoms with Gasteiger partial charge in [-0.05, 0) is 18.5 Å². The normalized spacial score (nSPS) is 12.1. The van der Waals surface area contributed by atoms with Crippen LogP contribution in [0.5, 0.6) is 0 Å². The Hall–Kier alpha value is -1.10. The fourth-order valence-corrected chi connectivity index (χ4v) is 1.19. The van der Waals surface area contributed by atoms with E-state index in [0.29, 0.717) is 13.0 Å². The van der Waals surface area contributed by atoms with Gasteiger partial charge in [0.05, 0.1) is 0 Å². The molecule has 0 saturated carbocycles. The Morgan fingerprint density at radius 1 is 1.13 bits per heavy atom. The van der Waals surface area contributed by atoms with E-state index in [4.69, 9.17) is 5.73 Å². The van der Waals surface area contributed by atoms with Gasteiger partial charge in [0.25, 0.3) is 0 Å². The van der Waals surface area contributed by atoms with Gasteiger partial charge in [0.15, 0.2) is 0 Å². The molecule has 0 radical (unpaired) electrons. The minimum Gasteiger partial charge on any atom is -0.330 e. The smallest absolute Gasteiger partial charge is 0.330 e. The molecule has 1 aromatic carbocycles. The second-order valence-electron chi connectivity index (χ2n) is 3.16. The van der Waals surface area contributed by atoms with Crippen molar-refractivity contribution in [1.82, 2.24) is 0 Å². The average molecular weight is 221 g/mol. The van der Waals surface area contributed by atoms with Crippen molar-refractivity contribution >= 4 is 0 Å². The number of benzene rings is 1. The Morgan fingerprint density at radius 2 is 1.67 bits per heavy atom. The second-order valence-corrected chi connectivity index (χ2v) is 3.16. The van der Waals surface area contributed by atoms with Crippen LogP contribution in [0.15, 0.2) is 24.3 Å². The van der Waals surface area contributed by atoms with Crippen LogP contribution in [0, 0.1) is 0 Å². The van der Waals surface area contributed by atoms with Crippen LogP contribution < -0.4 is 5.73 Å². The van der Waals surface area contributed by atoms with E-state index in [2.05, 4.69) is 0 Å². The molecule has 0 aliphatic rings. The van der Waals surface area contributed by atoms with Crippen molar-refractivity contribution in [2.45, 2.75) is 18.8 Å². The maximum absolute atomic E-state index is 12.8. The van der Waals surface area contributed by atoms with Crippen LogP contribution in [0.2, 0.25) is 0 Å². The molecule has 1 rings (SSSR count). The first-order chi connectivity index (χ1) is 6.98. The quantitative estimate of drug-likeness (QED) is 0.777. The summed E-state index contributed by atoms with van der Waals surface area (Å²) >= 11 is 0. The van der Waals surface area contributed by atoms with Crippen molar-refractivity contribution in [2.24, 2.45) is 5.73 Å². The fourth-order valence-electron chi connectivity index (χ4n) is 1.19. The molecule has 0 amide bonds. The highest BCUT2D eigenvalue weighted by Crippen LogP contribution is 2.34. The Labute approximate surface area is 84.9 Å². The fraction of sp³-hybridized carbons (Fsp3) is 0.400. The summed E-state index contributed by atoms with van der Waals surface area (Å²) in [4.78, 5) is 0. The highest BCUT2D eigenvalue weighted by atomic mass is 19.3. The van der Waals surface area contributed by atoms with Crippen molar-refractivity contribution in [2.75, 3.05) is 6.54 Å². The van der Waals surface area contributed by atoms with Crippen molar-refractivity contribution in [1.29, 1.82) is 0 Å². The maximum Gasteiger partial charge on any atom is 0.332 e. The molecule has 0 atom stereocenters. The zero-order valence-corrected chi connectivity index (χ0v) is 7.89. The SMILES string of the molecule is NCCc1ccc(C(F)(F)C(F)F)cc1. The minimum atomic E-state index is -4.08. The number of hydrogen-bond donors (Lipinski definition) is 1. The van der Waals surface area contributed by atoms with E-state index in [0.717, 1.165) is 17.7 Å². The summed E-state index contributed by atoms with van der Waals surface area (Å²) in [5.74, 6) is -4.08. The number of nitrogens with two attached hydrogens (primary N) is 1. The molecule has 0 saturated heterocycles. The minimum absolute atomic E-state index is 0.393.